The number of hydrogen-bond acceptors (Lipinski definition) is 6. The topological polar surface area (TPSA) is 87.6 Å². The third-order valence-electron chi connectivity index (χ3n) is 3.89. The number of carboxylic acids is 1. The van der Waals surface area contributed by atoms with E-state index in [1.165, 1.54) is 19.3 Å². The fraction of sp³-hybridized carbons (Fsp3) is 0.643. The first kappa shape index (κ1) is 19.7. The number of nitrogens with zero attached hydrogens (tertiary/aromatic N) is 3. The fourth-order valence-corrected chi connectivity index (χ4v) is 2.77. The van der Waals surface area contributed by atoms with Crippen molar-refractivity contribution in [1.29, 1.82) is 0 Å². The number of hydrogen-bond donors (Lipinski definition) is 2. The molecule has 1 aromatic rings. The predicted molar refractivity (Wildman–Crippen MR) is 86.8 cm³/mol. The normalized spacial score (nSPS) is 17.9. The molecule has 1 aliphatic heterocycles. The van der Waals surface area contributed by atoms with Crippen molar-refractivity contribution >= 4 is 27.7 Å². The lowest BCUT2D eigenvalue weighted by atomic mass is 9.91. The van der Waals surface area contributed by atoms with Gasteiger partial charge in [0.25, 0.3) is 0 Å². The standard InChI is InChI=1S/C12H17BrN4O.C2HF3O2/c1-18-12-14-5-10(13)11(16-12)17-6-9(7-17)15-8-3-2-4-8;3-2(4,5)1(6)7/h5,8-9,15H,2-4,6-7H2,1H3;(H,6,7). The van der Waals surface area contributed by atoms with E-state index < -0.39 is 12.1 Å². The van der Waals surface area contributed by atoms with Crippen LogP contribution in [-0.2, 0) is 4.79 Å². The molecule has 1 aliphatic carbocycles. The molecule has 0 amide bonds. The SMILES string of the molecule is COc1ncc(Br)c(N2CC(NC3CCC3)C2)n1.O=C(O)C(F)(F)F. The van der Waals surface area contributed by atoms with Gasteiger partial charge in [-0.15, -0.1) is 0 Å². The van der Waals surface area contributed by atoms with E-state index in [4.69, 9.17) is 14.6 Å². The molecule has 2 fully saturated rings. The van der Waals surface area contributed by atoms with Crippen molar-refractivity contribution in [3.63, 3.8) is 0 Å². The molecule has 140 valence electrons. The number of aliphatic carboxylic acids is 1. The van der Waals surface area contributed by atoms with Crippen molar-refractivity contribution in [1.82, 2.24) is 15.3 Å². The Bertz CT molecular complexity index is 607. The summed E-state index contributed by atoms with van der Waals surface area (Å²) in [5.74, 6) is -1.83. The van der Waals surface area contributed by atoms with Crippen molar-refractivity contribution in [2.75, 3.05) is 25.1 Å². The molecule has 1 aromatic heterocycles. The van der Waals surface area contributed by atoms with Gasteiger partial charge in [-0.25, -0.2) is 9.78 Å². The minimum absolute atomic E-state index is 0.420. The zero-order valence-corrected chi connectivity index (χ0v) is 15.0. The van der Waals surface area contributed by atoms with E-state index in [1.54, 1.807) is 13.3 Å². The Kier molecular flexibility index (Phi) is 6.44. The van der Waals surface area contributed by atoms with Gasteiger partial charge in [0.05, 0.1) is 17.8 Å². The van der Waals surface area contributed by atoms with Gasteiger partial charge >= 0.3 is 18.2 Å². The van der Waals surface area contributed by atoms with Crippen molar-refractivity contribution in [3.8, 4) is 6.01 Å². The Morgan fingerprint density at radius 3 is 2.44 bits per heavy atom. The van der Waals surface area contributed by atoms with Crippen LogP contribution < -0.4 is 15.0 Å². The highest BCUT2D eigenvalue weighted by molar-refractivity contribution is 9.10. The van der Waals surface area contributed by atoms with Crippen molar-refractivity contribution in [3.05, 3.63) is 10.7 Å². The van der Waals surface area contributed by atoms with Gasteiger partial charge in [-0.1, -0.05) is 6.42 Å². The number of nitrogens with one attached hydrogen (secondary N) is 1. The van der Waals surface area contributed by atoms with Gasteiger partial charge in [0.2, 0.25) is 0 Å². The van der Waals surface area contributed by atoms with Crippen LogP contribution in [0.25, 0.3) is 0 Å². The van der Waals surface area contributed by atoms with Crippen LogP contribution in [0.1, 0.15) is 19.3 Å². The second-order valence-electron chi connectivity index (χ2n) is 5.73. The lowest BCUT2D eigenvalue weighted by Gasteiger charge is -2.44. The highest BCUT2D eigenvalue weighted by Crippen LogP contribution is 2.29. The van der Waals surface area contributed by atoms with Crippen LogP contribution in [0.3, 0.4) is 0 Å². The van der Waals surface area contributed by atoms with Gasteiger partial charge in [0, 0.05) is 25.2 Å². The molecule has 7 nitrogen and oxygen atoms in total. The molecule has 0 atom stereocenters. The van der Waals surface area contributed by atoms with Gasteiger partial charge in [0.15, 0.2) is 0 Å². The minimum Gasteiger partial charge on any atom is -0.475 e. The summed E-state index contributed by atoms with van der Waals surface area (Å²) in [6.07, 6.45) is 0.708. The van der Waals surface area contributed by atoms with E-state index in [0.29, 0.717) is 12.1 Å². The average molecular weight is 427 g/mol. The molecule has 0 bridgehead atoms. The van der Waals surface area contributed by atoms with Crippen LogP contribution >= 0.6 is 15.9 Å². The van der Waals surface area contributed by atoms with E-state index in [2.05, 4.69) is 36.1 Å². The molecule has 0 radical (unpaired) electrons. The molecule has 25 heavy (non-hydrogen) atoms. The van der Waals surface area contributed by atoms with Crippen LogP contribution in [0.2, 0.25) is 0 Å². The lowest BCUT2D eigenvalue weighted by Crippen LogP contribution is -2.61. The second-order valence-corrected chi connectivity index (χ2v) is 6.58. The smallest absolute Gasteiger partial charge is 0.475 e. The monoisotopic (exact) mass is 426 g/mol. The van der Waals surface area contributed by atoms with Crippen LogP contribution in [0.15, 0.2) is 10.7 Å². The Morgan fingerprint density at radius 2 is 2.00 bits per heavy atom. The number of halogens is 4. The zero-order chi connectivity index (χ0) is 18.6. The predicted octanol–water partition coefficient (Wildman–Crippen LogP) is 2.21. The lowest BCUT2D eigenvalue weighted by molar-refractivity contribution is -0.192. The minimum atomic E-state index is -5.08. The molecule has 3 rings (SSSR count). The Morgan fingerprint density at radius 1 is 1.40 bits per heavy atom. The summed E-state index contributed by atoms with van der Waals surface area (Å²) in [5, 5.41) is 10.8. The first-order valence-corrected chi connectivity index (χ1v) is 8.37. The van der Waals surface area contributed by atoms with Crippen LogP contribution in [0, 0.1) is 0 Å². The number of aromatic nitrogens is 2. The molecule has 1 saturated carbocycles. The summed E-state index contributed by atoms with van der Waals surface area (Å²) in [6.45, 7) is 2.02. The maximum absolute atomic E-state index is 10.6. The molecule has 2 heterocycles. The number of methoxy groups -OCH3 is 1. The second kappa shape index (κ2) is 8.17. The molecule has 0 spiro atoms. The molecular formula is C14H18BrF3N4O3. The number of anilines is 1. The summed E-state index contributed by atoms with van der Waals surface area (Å²) < 4.78 is 37.7. The van der Waals surface area contributed by atoms with Crippen LogP contribution in [0.4, 0.5) is 19.0 Å². The van der Waals surface area contributed by atoms with Crippen molar-refractivity contribution < 1.29 is 27.8 Å². The Labute approximate surface area is 150 Å². The van der Waals surface area contributed by atoms with E-state index in [-0.39, 0.29) is 0 Å². The maximum atomic E-state index is 10.6. The summed E-state index contributed by atoms with van der Waals surface area (Å²) in [4.78, 5) is 19.6. The summed E-state index contributed by atoms with van der Waals surface area (Å²) in [6, 6.07) is 1.77. The quantitative estimate of drug-likeness (QED) is 0.762. The van der Waals surface area contributed by atoms with Gasteiger partial charge in [-0.3, -0.25) is 0 Å². The number of ether oxygens (including phenoxy) is 1. The number of alkyl halides is 3. The average Bonchev–Trinajstić information content (AvgIpc) is 2.45. The van der Waals surface area contributed by atoms with E-state index in [0.717, 1.165) is 29.4 Å². The highest BCUT2D eigenvalue weighted by Gasteiger charge is 2.38. The van der Waals surface area contributed by atoms with Gasteiger partial charge < -0.3 is 20.1 Å². The summed E-state index contributed by atoms with van der Waals surface area (Å²) >= 11 is 3.49. The summed E-state index contributed by atoms with van der Waals surface area (Å²) in [5.41, 5.74) is 0. The van der Waals surface area contributed by atoms with Crippen molar-refractivity contribution in [2.45, 2.75) is 37.5 Å². The first-order chi connectivity index (χ1) is 11.7. The largest absolute Gasteiger partial charge is 0.490 e. The molecule has 0 aromatic carbocycles. The Hall–Kier alpha value is -1.62. The van der Waals surface area contributed by atoms with Crippen molar-refractivity contribution in [2.24, 2.45) is 0 Å². The number of rotatable bonds is 4. The Balaban J connectivity index is 0.000000277. The zero-order valence-electron chi connectivity index (χ0n) is 13.4. The molecular weight excluding hydrogens is 409 g/mol. The molecule has 2 aliphatic rings. The van der Waals surface area contributed by atoms with Gasteiger partial charge in [-0.05, 0) is 28.8 Å². The highest BCUT2D eigenvalue weighted by atomic mass is 79.9. The van der Waals surface area contributed by atoms with Gasteiger partial charge in [-0.2, -0.15) is 18.2 Å². The molecule has 2 N–H and O–H groups in total. The van der Waals surface area contributed by atoms with E-state index in [9.17, 15) is 13.2 Å². The van der Waals surface area contributed by atoms with Gasteiger partial charge in [0.1, 0.15) is 5.82 Å². The first-order valence-electron chi connectivity index (χ1n) is 7.58. The van der Waals surface area contributed by atoms with Crippen LogP contribution in [0.5, 0.6) is 6.01 Å². The molecule has 1 saturated heterocycles. The maximum Gasteiger partial charge on any atom is 0.490 e. The van der Waals surface area contributed by atoms with E-state index in [1.807, 2.05) is 0 Å². The number of carboxylic acid groups (broad SMARTS) is 1. The fourth-order valence-electron chi connectivity index (χ4n) is 2.33. The molecule has 0 unspecified atom stereocenters. The van der Waals surface area contributed by atoms with E-state index >= 15 is 0 Å². The third-order valence-corrected chi connectivity index (χ3v) is 4.45. The third kappa shape index (κ3) is 5.43. The van der Waals surface area contributed by atoms with Crippen LogP contribution in [-0.4, -0.2) is 59.5 Å². The summed E-state index contributed by atoms with van der Waals surface area (Å²) in [7, 11) is 1.59. The molecule has 11 heteroatoms. The number of carbonyl (C=O) groups is 1.